The minimum atomic E-state index is -0.879. The van der Waals surface area contributed by atoms with E-state index in [1.807, 2.05) is 0 Å². The van der Waals surface area contributed by atoms with Gasteiger partial charge in [-0.15, -0.1) is 0 Å². The Morgan fingerprint density at radius 2 is 1.92 bits per heavy atom. The van der Waals surface area contributed by atoms with Gasteiger partial charge in [-0.25, -0.2) is 9.18 Å². The first-order chi connectivity index (χ1) is 12.5. The molecule has 0 saturated carbocycles. The number of hydrogen-bond donors (Lipinski definition) is 1. The van der Waals surface area contributed by atoms with Gasteiger partial charge in [0.25, 0.3) is 5.91 Å². The van der Waals surface area contributed by atoms with Gasteiger partial charge in [0.05, 0.1) is 17.2 Å². The number of para-hydroxylation sites is 1. The number of esters is 1. The second-order valence-corrected chi connectivity index (χ2v) is 5.76. The van der Waals surface area contributed by atoms with Crippen molar-refractivity contribution in [3.63, 3.8) is 0 Å². The highest BCUT2D eigenvalue weighted by molar-refractivity contribution is 6.34. The molecule has 1 unspecified atom stereocenters. The maximum atomic E-state index is 13.7. The number of carbonyl (C=O) groups is 2. The first kappa shape index (κ1) is 19.7. The molecule has 2 aromatic rings. The Labute approximate surface area is 156 Å². The number of ether oxygens (including phenoxy) is 2. The van der Waals surface area contributed by atoms with E-state index in [1.54, 1.807) is 19.9 Å². The lowest BCUT2D eigenvalue weighted by Crippen LogP contribution is -2.32. The highest BCUT2D eigenvalue weighted by Gasteiger charge is 2.21. The van der Waals surface area contributed by atoms with Crippen molar-refractivity contribution in [3.05, 3.63) is 58.9 Å². The average Bonchev–Trinajstić information content (AvgIpc) is 2.61. The molecule has 0 bridgehead atoms. The minimum Gasteiger partial charge on any atom is -0.478 e. The Bertz CT molecular complexity index is 797. The van der Waals surface area contributed by atoms with Crippen LogP contribution in [0, 0.1) is 5.82 Å². The van der Waals surface area contributed by atoms with Crippen LogP contribution in [-0.2, 0) is 9.53 Å². The number of nitrogens with one attached hydrogen (secondary N) is 1. The number of benzene rings is 2. The first-order valence-electron chi connectivity index (χ1n) is 8.15. The summed E-state index contributed by atoms with van der Waals surface area (Å²) in [5.41, 5.74) is 0.602. The summed E-state index contributed by atoms with van der Waals surface area (Å²) >= 11 is 6.07. The summed E-state index contributed by atoms with van der Waals surface area (Å²) in [6.45, 7) is 3.68. The number of carbonyl (C=O) groups excluding carboxylic acids is 2. The summed E-state index contributed by atoms with van der Waals surface area (Å²) in [7, 11) is 0. The van der Waals surface area contributed by atoms with E-state index in [-0.39, 0.29) is 22.9 Å². The number of hydrogen-bond acceptors (Lipinski definition) is 4. The molecule has 1 amide bonds. The topological polar surface area (TPSA) is 64.6 Å². The third-order valence-corrected chi connectivity index (χ3v) is 3.81. The zero-order valence-corrected chi connectivity index (χ0v) is 15.2. The van der Waals surface area contributed by atoms with Gasteiger partial charge in [-0.05, 0) is 43.7 Å². The Morgan fingerprint density at radius 3 is 2.54 bits per heavy atom. The second kappa shape index (κ2) is 9.20. The molecule has 1 N–H and O–H groups in total. The largest absolute Gasteiger partial charge is 0.478 e. The van der Waals surface area contributed by atoms with Gasteiger partial charge in [-0.2, -0.15) is 0 Å². The van der Waals surface area contributed by atoms with Crippen molar-refractivity contribution in [2.24, 2.45) is 0 Å². The molecule has 0 aliphatic rings. The van der Waals surface area contributed by atoms with E-state index in [2.05, 4.69) is 5.32 Å². The van der Waals surface area contributed by atoms with E-state index >= 15 is 0 Å². The van der Waals surface area contributed by atoms with Gasteiger partial charge in [0.2, 0.25) is 0 Å². The molecular weight excluding hydrogens is 361 g/mol. The van der Waals surface area contributed by atoms with E-state index in [0.717, 1.165) is 0 Å². The molecule has 0 radical (unpaired) electrons. The van der Waals surface area contributed by atoms with Gasteiger partial charge >= 0.3 is 5.97 Å². The van der Waals surface area contributed by atoms with Gasteiger partial charge in [0.15, 0.2) is 17.7 Å². The molecule has 1 atom stereocenters. The molecular formula is C19H19ClFNO4. The van der Waals surface area contributed by atoms with E-state index in [1.165, 1.54) is 36.4 Å². The fourth-order valence-electron chi connectivity index (χ4n) is 2.21. The standard InChI is InChI=1S/C19H19ClFNO4/c1-3-16(26-17-8-6-5-7-15(17)21)18(23)22-12-9-10-13(14(20)11-12)19(24)25-4-2/h5-11,16H,3-4H2,1-2H3,(H,22,23). The zero-order valence-electron chi connectivity index (χ0n) is 14.4. The van der Waals surface area contributed by atoms with E-state index < -0.39 is 23.8 Å². The summed E-state index contributed by atoms with van der Waals surface area (Å²) in [6.07, 6.45) is -0.537. The molecule has 0 heterocycles. The smallest absolute Gasteiger partial charge is 0.339 e. The molecule has 5 nitrogen and oxygen atoms in total. The van der Waals surface area contributed by atoms with Gasteiger partial charge in [-0.1, -0.05) is 30.7 Å². The minimum absolute atomic E-state index is 0.00481. The normalized spacial score (nSPS) is 11.5. The van der Waals surface area contributed by atoms with Crippen LogP contribution in [0.1, 0.15) is 30.6 Å². The van der Waals surface area contributed by atoms with Gasteiger partial charge < -0.3 is 14.8 Å². The lowest BCUT2D eigenvalue weighted by Gasteiger charge is -2.18. The molecule has 2 rings (SSSR count). The van der Waals surface area contributed by atoms with Crippen LogP contribution in [0.5, 0.6) is 5.75 Å². The molecule has 0 saturated heterocycles. The van der Waals surface area contributed by atoms with Crippen molar-refractivity contribution >= 4 is 29.2 Å². The molecule has 0 aliphatic heterocycles. The Balaban J connectivity index is 2.09. The molecule has 0 fully saturated rings. The van der Waals surface area contributed by atoms with Gasteiger partial charge in [0.1, 0.15) is 0 Å². The SMILES string of the molecule is CCOC(=O)c1ccc(NC(=O)C(CC)Oc2ccccc2F)cc1Cl. The molecule has 0 aliphatic carbocycles. The monoisotopic (exact) mass is 379 g/mol. The summed E-state index contributed by atoms with van der Waals surface area (Å²) in [6, 6.07) is 10.3. The molecule has 138 valence electrons. The Kier molecular flexibility index (Phi) is 6.97. The molecule has 7 heteroatoms. The van der Waals surface area contributed by atoms with Crippen LogP contribution in [-0.4, -0.2) is 24.6 Å². The van der Waals surface area contributed by atoms with E-state index in [9.17, 15) is 14.0 Å². The van der Waals surface area contributed by atoms with Crippen LogP contribution in [0.2, 0.25) is 5.02 Å². The van der Waals surface area contributed by atoms with E-state index in [4.69, 9.17) is 21.1 Å². The van der Waals surface area contributed by atoms with Crippen molar-refractivity contribution in [3.8, 4) is 5.75 Å². The Hall–Kier alpha value is -2.60. The van der Waals surface area contributed by atoms with E-state index in [0.29, 0.717) is 12.1 Å². The van der Waals surface area contributed by atoms with Crippen LogP contribution in [0.3, 0.4) is 0 Å². The zero-order chi connectivity index (χ0) is 19.1. The van der Waals surface area contributed by atoms with Gasteiger partial charge in [-0.3, -0.25) is 4.79 Å². The number of anilines is 1. The van der Waals surface area contributed by atoms with Crippen LogP contribution in [0.15, 0.2) is 42.5 Å². The van der Waals surface area contributed by atoms with Gasteiger partial charge in [0, 0.05) is 5.69 Å². The summed E-state index contributed by atoms with van der Waals surface area (Å²) < 4.78 is 24.0. The molecule has 2 aromatic carbocycles. The average molecular weight is 380 g/mol. The van der Waals surface area contributed by atoms with Crippen molar-refractivity contribution in [1.82, 2.24) is 0 Å². The second-order valence-electron chi connectivity index (χ2n) is 5.35. The van der Waals surface area contributed by atoms with Crippen LogP contribution in [0.4, 0.5) is 10.1 Å². The molecule has 0 aromatic heterocycles. The third kappa shape index (κ3) is 4.95. The third-order valence-electron chi connectivity index (χ3n) is 3.50. The first-order valence-corrected chi connectivity index (χ1v) is 8.52. The number of halogens is 2. The summed E-state index contributed by atoms with van der Waals surface area (Å²) in [5, 5.41) is 2.81. The highest BCUT2D eigenvalue weighted by atomic mass is 35.5. The fourth-order valence-corrected chi connectivity index (χ4v) is 2.46. The van der Waals surface area contributed by atoms with Crippen molar-refractivity contribution in [1.29, 1.82) is 0 Å². The van der Waals surface area contributed by atoms with Crippen molar-refractivity contribution < 1.29 is 23.5 Å². The quantitative estimate of drug-likeness (QED) is 0.722. The summed E-state index contributed by atoms with van der Waals surface area (Å²) in [5.74, 6) is -1.52. The molecule has 26 heavy (non-hydrogen) atoms. The van der Waals surface area contributed by atoms with Crippen LogP contribution in [0.25, 0.3) is 0 Å². The van der Waals surface area contributed by atoms with Crippen molar-refractivity contribution in [2.45, 2.75) is 26.4 Å². The van der Waals surface area contributed by atoms with Crippen LogP contribution >= 0.6 is 11.6 Å². The van der Waals surface area contributed by atoms with Crippen molar-refractivity contribution in [2.75, 3.05) is 11.9 Å². The molecule has 0 spiro atoms. The number of amides is 1. The van der Waals surface area contributed by atoms with Crippen LogP contribution < -0.4 is 10.1 Å². The predicted octanol–water partition coefficient (Wildman–Crippen LogP) is 4.45. The maximum absolute atomic E-state index is 13.7. The lowest BCUT2D eigenvalue weighted by atomic mass is 10.2. The highest BCUT2D eigenvalue weighted by Crippen LogP contribution is 2.23. The Morgan fingerprint density at radius 1 is 1.19 bits per heavy atom. The predicted molar refractivity (Wildman–Crippen MR) is 97.1 cm³/mol. The lowest BCUT2D eigenvalue weighted by molar-refractivity contribution is -0.122. The summed E-state index contributed by atoms with van der Waals surface area (Å²) in [4.78, 5) is 24.1. The number of rotatable bonds is 7. The maximum Gasteiger partial charge on any atom is 0.339 e. The fraction of sp³-hybridized carbons (Fsp3) is 0.263.